The van der Waals surface area contributed by atoms with Gasteiger partial charge in [-0.05, 0) is 125 Å². The SMILES string of the molecule is N#Cc1cc(-n2c3ccccc3c3cc(-c4cc(C(F)(F)F)cc(C(F)(F)F)c4)ccc32)c(-c2ccc(C(F)(F)F)cc2C(F)(F)F)cc1-n1c2ccccc2c2cc(-c3cc(C(F)(F)F)cc(C(F)(F)F)c3)ccc21. The Hall–Kier alpha value is -8.41. The van der Waals surface area contributed by atoms with E-state index in [1.54, 1.807) is 0 Å². The molecular weight excluding hydrogens is 1040 g/mol. The smallest absolute Gasteiger partial charge is 0.309 e. The minimum Gasteiger partial charge on any atom is -0.309 e. The van der Waals surface area contributed by atoms with E-state index in [1.165, 1.54) is 88.0 Å². The molecule has 3 nitrogen and oxygen atoms in total. The maximum atomic E-state index is 15.3. The summed E-state index contributed by atoms with van der Waals surface area (Å²) >= 11 is 0. The quantitative estimate of drug-likeness (QED) is 0.158. The number of nitrogens with zero attached hydrogens (tertiary/aromatic N) is 3. The van der Waals surface area contributed by atoms with Gasteiger partial charge in [0.15, 0.2) is 0 Å². The summed E-state index contributed by atoms with van der Waals surface area (Å²) in [5, 5.41) is 11.8. The summed E-state index contributed by atoms with van der Waals surface area (Å²) in [7, 11) is 0. The van der Waals surface area contributed by atoms with Crippen molar-refractivity contribution in [3.05, 3.63) is 191 Å². The van der Waals surface area contributed by atoms with Crippen molar-refractivity contribution >= 4 is 43.6 Å². The van der Waals surface area contributed by atoms with Crippen LogP contribution in [0.3, 0.4) is 0 Å². The van der Waals surface area contributed by atoms with Gasteiger partial charge < -0.3 is 9.13 Å². The lowest BCUT2D eigenvalue weighted by molar-refractivity contribution is -0.144. The monoisotopic (exact) mass is 1070 g/mol. The van der Waals surface area contributed by atoms with Gasteiger partial charge in [-0.25, -0.2) is 0 Å². The minimum atomic E-state index is -5.50. The van der Waals surface area contributed by atoms with Crippen LogP contribution in [-0.4, -0.2) is 9.13 Å². The molecule has 0 saturated heterocycles. The van der Waals surface area contributed by atoms with Crippen molar-refractivity contribution in [2.24, 2.45) is 0 Å². The van der Waals surface area contributed by atoms with Gasteiger partial charge in [0, 0.05) is 27.1 Å². The van der Waals surface area contributed by atoms with E-state index in [0.717, 1.165) is 18.2 Å². The van der Waals surface area contributed by atoms with Gasteiger partial charge in [0.1, 0.15) is 6.07 Å². The Morgan fingerprint density at radius 2 is 0.697 bits per heavy atom. The Kier molecular flexibility index (Phi) is 11.6. The lowest BCUT2D eigenvalue weighted by Gasteiger charge is -2.22. The molecular formula is C55H25F18N3. The number of hydrogen-bond donors (Lipinski definition) is 0. The molecule has 0 unspecified atom stereocenters. The van der Waals surface area contributed by atoms with Gasteiger partial charge in [0.05, 0.1) is 72.4 Å². The first-order valence-corrected chi connectivity index (χ1v) is 22.0. The molecule has 2 heterocycles. The highest BCUT2D eigenvalue weighted by atomic mass is 19.4. The molecule has 2 aromatic heterocycles. The summed E-state index contributed by atoms with van der Waals surface area (Å²) in [5.74, 6) is 0. The van der Waals surface area contributed by atoms with Crippen LogP contribution in [0, 0.1) is 11.3 Å². The summed E-state index contributed by atoms with van der Waals surface area (Å²) in [6.45, 7) is 0. The molecule has 0 fully saturated rings. The van der Waals surface area contributed by atoms with Gasteiger partial charge in [-0.3, -0.25) is 0 Å². The van der Waals surface area contributed by atoms with Crippen molar-refractivity contribution < 1.29 is 79.0 Å². The van der Waals surface area contributed by atoms with E-state index in [1.807, 2.05) is 6.07 Å². The molecule has 0 N–H and O–H groups in total. The van der Waals surface area contributed by atoms with Crippen molar-refractivity contribution in [2.75, 3.05) is 0 Å². The maximum Gasteiger partial charge on any atom is 0.417 e. The largest absolute Gasteiger partial charge is 0.417 e. The molecule has 0 amide bonds. The Bertz CT molecular complexity index is 3980. The lowest BCUT2D eigenvalue weighted by Crippen LogP contribution is -2.13. The highest BCUT2D eigenvalue weighted by Crippen LogP contribution is 2.48. The third kappa shape index (κ3) is 8.98. The number of aromatic nitrogens is 2. The summed E-state index contributed by atoms with van der Waals surface area (Å²) in [6, 6.07) is 26.4. The molecule has 8 aromatic carbocycles. The summed E-state index contributed by atoms with van der Waals surface area (Å²) < 4.78 is 259. The number of hydrogen-bond acceptors (Lipinski definition) is 1. The normalized spacial score (nSPS) is 13.1. The third-order valence-corrected chi connectivity index (χ3v) is 12.8. The second-order valence-electron chi connectivity index (χ2n) is 17.5. The number of alkyl halides is 18. The van der Waals surface area contributed by atoms with Gasteiger partial charge in [-0.2, -0.15) is 84.3 Å². The van der Waals surface area contributed by atoms with Crippen LogP contribution in [0.5, 0.6) is 0 Å². The number of para-hydroxylation sites is 2. The Balaban J connectivity index is 1.27. The molecule has 0 aliphatic carbocycles. The number of halogens is 18. The van der Waals surface area contributed by atoms with E-state index in [2.05, 4.69) is 0 Å². The second kappa shape index (κ2) is 17.3. The van der Waals surface area contributed by atoms with Crippen LogP contribution in [0.4, 0.5) is 79.0 Å². The zero-order valence-electron chi connectivity index (χ0n) is 37.6. The van der Waals surface area contributed by atoms with Gasteiger partial charge in [0.25, 0.3) is 0 Å². The van der Waals surface area contributed by atoms with Gasteiger partial charge >= 0.3 is 37.1 Å². The van der Waals surface area contributed by atoms with Crippen molar-refractivity contribution in [3.8, 4) is 50.8 Å². The molecule has 386 valence electrons. The van der Waals surface area contributed by atoms with E-state index in [0.29, 0.717) is 36.4 Å². The highest BCUT2D eigenvalue weighted by Gasteiger charge is 2.41. The van der Waals surface area contributed by atoms with Crippen LogP contribution >= 0.6 is 0 Å². The molecule has 0 bridgehead atoms. The number of nitriles is 1. The van der Waals surface area contributed by atoms with Crippen LogP contribution in [0.15, 0.2) is 152 Å². The number of fused-ring (bicyclic) bond motifs is 6. The highest BCUT2D eigenvalue weighted by molar-refractivity contribution is 6.12. The van der Waals surface area contributed by atoms with E-state index in [4.69, 9.17) is 0 Å². The Morgan fingerprint density at radius 1 is 0.303 bits per heavy atom. The molecule has 76 heavy (non-hydrogen) atoms. The maximum absolute atomic E-state index is 15.3. The average Bonchev–Trinajstić information content (AvgIpc) is 3.88. The fourth-order valence-electron chi connectivity index (χ4n) is 9.51. The van der Waals surface area contributed by atoms with E-state index < -0.39 is 92.7 Å². The van der Waals surface area contributed by atoms with Crippen molar-refractivity contribution in [1.82, 2.24) is 9.13 Å². The minimum absolute atomic E-state index is 0.0488. The number of rotatable bonds is 5. The predicted octanol–water partition coefficient (Wildman–Crippen LogP) is 18.9. The summed E-state index contributed by atoms with van der Waals surface area (Å²) in [5.41, 5.74) is -12.9. The molecule has 0 saturated carbocycles. The molecule has 0 radical (unpaired) electrons. The molecule has 10 aromatic rings. The first-order chi connectivity index (χ1) is 35.4. The van der Waals surface area contributed by atoms with E-state index in [9.17, 15) is 71.1 Å². The molecule has 0 aliphatic heterocycles. The van der Waals surface area contributed by atoms with E-state index >= 15 is 13.2 Å². The summed E-state index contributed by atoms with van der Waals surface area (Å²) in [6.07, 6.45) is -31.6. The lowest BCUT2D eigenvalue weighted by atomic mass is 9.93. The fraction of sp³-hybridized carbons (Fsp3) is 0.109. The molecule has 10 rings (SSSR count). The van der Waals surface area contributed by atoms with Crippen molar-refractivity contribution in [1.29, 1.82) is 5.26 Å². The van der Waals surface area contributed by atoms with Crippen LogP contribution in [-0.2, 0) is 37.1 Å². The summed E-state index contributed by atoms with van der Waals surface area (Å²) in [4.78, 5) is 0. The van der Waals surface area contributed by atoms with E-state index in [-0.39, 0.29) is 89.9 Å². The number of benzene rings is 8. The van der Waals surface area contributed by atoms with Crippen LogP contribution in [0.2, 0.25) is 0 Å². The molecule has 0 spiro atoms. The Labute approximate surface area is 414 Å². The van der Waals surface area contributed by atoms with Crippen LogP contribution in [0.1, 0.15) is 38.9 Å². The molecule has 0 atom stereocenters. The zero-order valence-corrected chi connectivity index (χ0v) is 37.6. The van der Waals surface area contributed by atoms with Crippen molar-refractivity contribution in [3.63, 3.8) is 0 Å². The van der Waals surface area contributed by atoms with Gasteiger partial charge in [-0.1, -0.05) is 54.6 Å². The zero-order chi connectivity index (χ0) is 54.8. The second-order valence-corrected chi connectivity index (χ2v) is 17.5. The topological polar surface area (TPSA) is 33.6 Å². The first kappa shape index (κ1) is 51.1. The predicted molar refractivity (Wildman–Crippen MR) is 246 cm³/mol. The van der Waals surface area contributed by atoms with Gasteiger partial charge in [-0.15, -0.1) is 0 Å². The molecule has 21 heteroatoms. The van der Waals surface area contributed by atoms with Crippen LogP contribution in [0.25, 0.3) is 88.4 Å². The first-order valence-electron chi connectivity index (χ1n) is 22.0. The third-order valence-electron chi connectivity index (χ3n) is 12.8. The molecule has 0 aliphatic rings. The van der Waals surface area contributed by atoms with Gasteiger partial charge in [0.2, 0.25) is 0 Å². The van der Waals surface area contributed by atoms with Crippen LogP contribution < -0.4 is 0 Å². The van der Waals surface area contributed by atoms with Crippen molar-refractivity contribution in [2.45, 2.75) is 37.1 Å². The Morgan fingerprint density at radius 3 is 1.09 bits per heavy atom. The fourth-order valence-corrected chi connectivity index (χ4v) is 9.51. The average molecular weight is 1070 g/mol. The standard InChI is InChI=1S/C55H25F18N3/c56-50(57,58)32-11-12-37(43(24-32)55(71,72)73)42-25-48(75-44-7-3-1-5-38(44)40-19-27(9-13-46(40)75)29-15-33(51(59,60)61)22-34(16-29)52(62,63)64)31(26-74)21-49(42)76-45-8-4-2-6-39(45)41-20-28(10-14-47(41)76)30-17-35(53(65,66)67)23-36(18-30)54(68,69)70/h1-25H.